The molecule has 6 heteroatoms. The molecule has 3 aromatic carbocycles. The largest absolute Gasteiger partial charge is 0.334 e. The van der Waals surface area contributed by atoms with Crippen LogP contribution in [0.25, 0.3) is 0 Å². The molecule has 2 atom stereocenters. The van der Waals surface area contributed by atoms with Crippen LogP contribution in [0.2, 0.25) is 5.02 Å². The van der Waals surface area contributed by atoms with Crippen molar-refractivity contribution >= 4 is 29.6 Å². The molecule has 0 unspecified atom stereocenters. The van der Waals surface area contributed by atoms with Crippen LogP contribution < -0.4 is 10.7 Å². The van der Waals surface area contributed by atoms with E-state index < -0.39 is 12.1 Å². The van der Waals surface area contributed by atoms with Gasteiger partial charge in [-0.2, -0.15) is 0 Å². The lowest BCUT2D eigenvalue weighted by Crippen LogP contribution is -2.42. The highest BCUT2D eigenvalue weighted by atomic mass is 35.5. The molecule has 0 radical (unpaired) electrons. The van der Waals surface area contributed by atoms with Crippen LogP contribution in [-0.4, -0.2) is 28.8 Å². The molecule has 0 aliphatic carbocycles. The fourth-order valence-corrected chi connectivity index (χ4v) is 3.48. The fraction of sp³-hybridized carbons (Fsp3) is 0.0870. The van der Waals surface area contributed by atoms with Gasteiger partial charge in [0.2, 0.25) is 12.3 Å². The van der Waals surface area contributed by atoms with E-state index >= 15 is 0 Å². The predicted molar refractivity (Wildman–Crippen MR) is 112 cm³/mol. The second-order valence-electron chi connectivity index (χ2n) is 6.74. The number of benzene rings is 3. The zero-order chi connectivity index (χ0) is 20.2. The number of amides is 2. The summed E-state index contributed by atoms with van der Waals surface area (Å²) in [6.45, 7) is 0. The number of rotatable bonds is 4. The number of hydrazine groups is 1. The Morgan fingerprint density at radius 3 is 2.21 bits per heavy atom. The minimum atomic E-state index is -0.742. The van der Waals surface area contributed by atoms with Crippen LogP contribution in [0.5, 0.6) is 0 Å². The number of halogens is 1. The smallest absolute Gasteiger partial charge is 0.304 e. The topological polar surface area (TPSA) is 61.2 Å². The molecule has 0 saturated carbocycles. The highest BCUT2D eigenvalue weighted by Crippen LogP contribution is 2.25. The van der Waals surface area contributed by atoms with Crippen LogP contribution >= 0.6 is 11.6 Å². The van der Waals surface area contributed by atoms with Crippen LogP contribution in [-0.2, 0) is 4.79 Å². The lowest BCUT2D eigenvalue weighted by Gasteiger charge is -2.14. The molecule has 4 rings (SSSR count). The SMILES string of the molecule is O=C(N[C@@H]1C(=O)N/[N+](=C\c2ccc(Cl)cc2)[C@H]1c1ccccc1)c1ccccc1. The van der Waals surface area contributed by atoms with Crippen LogP contribution in [0.4, 0.5) is 0 Å². The molecule has 1 fully saturated rings. The molecule has 1 saturated heterocycles. The van der Waals surface area contributed by atoms with Gasteiger partial charge in [0.05, 0.1) is 0 Å². The number of carbonyl (C=O) groups excluding carboxylic acids is 2. The fourth-order valence-electron chi connectivity index (χ4n) is 3.35. The van der Waals surface area contributed by atoms with E-state index in [-0.39, 0.29) is 11.8 Å². The Morgan fingerprint density at radius 2 is 1.55 bits per heavy atom. The first-order valence-corrected chi connectivity index (χ1v) is 9.60. The van der Waals surface area contributed by atoms with Crippen LogP contribution in [0.15, 0.2) is 84.9 Å². The van der Waals surface area contributed by atoms with Crippen molar-refractivity contribution in [2.45, 2.75) is 12.1 Å². The molecule has 144 valence electrons. The van der Waals surface area contributed by atoms with Crippen molar-refractivity contribution in [2.24, 2.45) is 0 Å². The number of nitrogens with zero attached hydrogens (tertiary/aromatic N) is 1. The Morgan fingerprint density at radius 1 is 0.931 bits per heavy atom. The van der Waals surface area contributed by atoms with E-state index in [0.717, 1.165) is 11.1 Å². The second kappa shape index (κ2) is 8.29. The van der Waals surface area contributed by atoms with Gasteiger partial charge in [0, 0.05) is 21.7 Å². The maximum atomic E-state index is 12.8. The first-order valence-electron chi connectivity index (χ1n) is 9.22. The average molecular weight is 405 g/mol. The van der Waals surface area contributed by atoms with Gasteiger partial charge in [-0.1, -0.05) is 60.1 Å². The number of nitrogens with one attached hydrogen (secondary N) is 2. The summed E-state index contributed by atoms with van der Waals surface area (Å²) in [6.07, 6.45) is 1.83. The van der Waals surface area contributed by atoms with Gasteiger partial charge >= 0.3 is 5.91 Å². The average Bonchev–Trinajstić information content (AvgIpc) is 3.05. The zero-order valence-electron chi connectivity index (χ0n) is 15.5. The van der Waals surface area contributed by atoms with Gasteiger partial charge in [0.1, 0.15) is 0 Å². The summed E-state index contributed by atoms with van der Waals surface area (Å²) >= 11 is 5.97. The summed E-state index contributed by atoms with van der Waals surface area (Å²) in [4.78, 5) is 25.5. The van der Waals surface area contributed by atoms with Crippen molar-refractivity contribution in [2.75, 3.05) is 0 Å². The first-order chi connectivity index (χ1) is 14.1. The summed E-state index contributed by atoms with van der Waals surface area (Å²) in [7, 11) is 0. The molecule has 2 N–H and O–H groups in total. The normalized spacial score (nSPS) is 19.8. The van der Waals surface area contributed by atoms with E-state index in [0.29, 0.717) is 10.6 Å². The van der Waals surface area contributed by atoms with Gasteiger partial charge < -0.3 is 5.32 Å². The summed E-state index contributed by atoms with van der Waals surface area (Å²) < 4.78 is 1.73. The molecule has 5 nitrogen and oxygen atoms in total. The van der Waals surface area contributed by atoms with E-state index in [1.807, 2.05) is 54.7 Å². The first kappa shape index (κ1) is 18.9. The van der Waals surface area contributed by atoms with Crippen LogP contribution in [0, 0.1) is 0 Å². The molecule has 1 aliphatic heterocycles. The van der Waals surface area contributed by atoms with Gasteiger partial charge in [-0.3, -0.25) is 9.59 Å². The lowest BCUT2D eigenvalue weighted by atomic mass is 10.00. The summed E-state index contributed by atoms with van der Waals surface area (Å²) in [5, 5.41) is 3.52. The number of hydrazone groups is 1. The Kier molecular flexibility index (Phi) is 5.40. The third-order valence-electron chi connectivity index (χ3n) is 4.76. The Hall–Kier alpha value is -3.44. The number of hydrogen-bond donors (Lipinski definition) is 2. The monoisotopic (exact) mass is 404 g/mol. The Bertz CT molecular complexity index is 1050. The maximum absolute atomic E-state index is 12.8. The van der Waals surface area contributed by atoms with Gasteiger partial charge in [0.25, 0.3) is 5.91 Å². The number of hydrogen-bond acceptors (Lipinski definition) is 2. The van der Waals surface area contributed by atoms with Crippen molar-refractivity contribution in [3.05, 3.63) is 107 Å². The standard InChI is InChI=1S/C23H18ClN3O2/c24-19-13-11-16(12-14-19)15-27-21(17-7-3-1-4-8-17)20(23(29)26-27)25-22(28)18-9-5-2-6-10-18/h1-15,20-21H,(H-,25,26,28,29)/p+1/b27-15-/t20-,21-/m0/s1. The van der Waals surface area contributed by atoms with E-state index in [1.54, 1.807) is 41.1 Å². The summed E-state index contributed by atoms with van der Waals surface area (Å²) in [5.74, 6) is -0.562. The Balaban J connectivity index is 1.69. The molecule has 0 spiro atoms. The molecule has 0 bridgehead atoms. The summed E-state index contributed by atoms with van der Waals surface area (Å²) in [6, 6.07) is 24.7. The van der Waals surface area contributed by atoms with E-state index in [9.17, 15) is 9.59 Å². The van der Waals surface area contributed by atoms with Crippen molar-refractivity contribution in [3.8, 4) is 0 Å². The molecule has 2 amide bonds. The summed E-state index contributed by atoms with van der Waals surface area (Å²) in [5.41, 5.74) is 5.16. The second-order valence-corrected chi connectivity index (χ2v) is 7.17. The molecule has 3 aromatic rings. The molecule has 1 heterocycles. The molecule has 29 heavy (non-hydrogen) atoms. The minimum absolute atomic E-state index is 0.270. The van der Waals surface area contributed by atoms with Crippen molar-refractivity contribution in [1.82, 2.24) is 10.7 Å². The highest BCUT2D eigenvalue weighted by molar-refractivity contribution is 6.30. The number of carbonyl (C=O) groups is 2. The van der Waals surface area contributed by atoms with Crippen molar-refractivity contribution < 1.29 is 14.3 Å². The highest BCUT2D eigenvalue weighted by Gasteiger charge is 2.47. The third kappa shape index (κ3) is 4.20. The maximum Gasteiger partial charge on any atom is 0.304 e. The van der Waals surface area contributed by atoms with Crippen molar-refractivity contribution in [3.63, 3.8) is 0 Å². The molecule has 1 aliphatic rings. The third-order valence-corrected chi connectivity index (χ3v) is 5.01. The minimum Gasteiger partial charge on any atom is -0.334 e. The van der Waals surface area contributed by atoms with Gasteiger partial charge in [-0.15, -0.1) is 10.1 Å². The van der Waals surface area contributed by atoms with Gasteiger partial charge in [-0.25, -0.2) is 0 Å². The molecule has 0 aromatic heterocycles. The predicted octanol–water partition coefficient (Wildman–Crippen LogP) is 3.36. The van der Waals surface area contributed by atoms with Crippen LogP contribution in [0.1, 0.15) is 27.5 Å². The Labute approximate surface area is 173 Å². The molecular formula is C23H19ClN3O2+. The quantitative estimate of drug-likeness (QED) is 0.655. The zero-order valence-corrected chi connectivity index (χ0v) is 16.2. The van der Waals surface area contributed by atoms with Gasteiger partial charge in [0.15, 0.2) is 6.04 Å². The van der Waals surface area contributed by atoms with Crippen LogP contribution in [0.3, 0.4) is 0 Å². The molecular weight excluding hydrogens is 386 g/mol. The van der Waals surface area contributed by atoms with E-state index in [1.165, 1.54) is 0 Å². The van der Waals surface area contributed by atoms with E-state index in [4.69, 9.17) is 11.6 Å². The lowest BCUT2D eigenvalue weighted by molar-refractivity contribution is -0.596. The van der Waals surface area contributed by atoms with E-state index in [2.05, 4.69) is 10.7 Å². The van der Waals surface area contributed by atoms with Crippen molar-refractivity contribution in [1.29, 1.82) is 0 Å². The van der Waals surface area contributed by atoms with Gasteiger partial charge in [-0.05, 0) is 36.4 Å².